The molecule has 0 spiro atoms. The molecule has 5 unspecified atom stereocenters. The van der Waals surface area contributed by atoms with E-state index < -0.39 is 0 Å². The zero-order valence-electron chi connectivity index (χ0n) is 12.6. The Labute approximate surface area is 120 Å². The molecule has 3 heteroatoms. The second-order valence-corrected chi connectivity index (χ2v) is 6.25. The third-order valence-electron chi connectivity index (χ3n) is 4.73. The van der Waals surface area contributed by atoms with E-state index in [2.05, 4.69) is 13.8 Å². The van der Waals surface area contributed by atoms with Gasteiger partial charge in [0.05, 0.1) is 18.1 Å². The molecule has 2 aliphatic heterocycles. The molecule has 1 aromatic rings. The highest BCUT2D eigenvalue weighted by atomic mass is 16.5. The molecular formula is C17H22O3. The fourth-order valence-electron chi connectivity index (χ4n) is 3.49. The van der Waals surface area contributed by atoms with E-state index in [0.29, 0.717) is 0 Å². The highest BCUT2D eigenvalue weighted by molar-refractivity contribution is 5.99. The lowest BCUT2D eigenvalue weighted by atomic mass is 9.83. The van der Waals surface area contributed by atoms with E-state index in [0.717, 1.165) is 23.3 Å². The standard InChI is InChI=1S/C17H22O3/c1-9-7-14-8-13(5-6-15(14)19-9)17(18)16-10(2)11(3)20-12(16)4/h5-6,8-12,16H,7H2,1-4H3. The number of ketones is 1. The fourth-order valence-corrected chi connectivity index (χ4v) is 3.49. The topological polar surface area (TPSA) is 35.5 Å². The molecule has 3 rings (SSSR count). The SMILES string of the molecule is CC1Cc2cc(C(=O)C3C(C)OC(C)C3C)ccc2O1. The zero-order valence-corrected chi connectivity index (χ0v) is 12.6. The molecule has 5 atom stereocenters. The van der Waals surface area contributed by atoms with E-state index in [1.54, 1.807) is 0 Å². The van der Waals surface area contributed by atoms with Crippen molar-refractivity contribution in [1.29, 1.82) is 0 Å². The molecule has 0 saturated carbocycles. The van der Waals surface area contributed by atoms with Crippen molar-refractivity contribution in [2.75, 3.05) is 0 Å². The van der Waals surface area contributed by atoms with Crippen LogP contribution < -0.4 is 4.74 Å². The largest absolute Gasteiger partial charge is 0.490 e. The summed E-state index contributed by atoms with van der Waals surface area (Å²) in [6, 6.07) is 5.83. The molecule has 2 aliphatic rings. The van der Waals surface area contributed by atoms with E-state index in [1.165, 1.54) is 0 Å². The summed E-state index contributed by atoms with van der Waals surface area (Å²) >= 11 is 0. The van der Waals surface area contributed by atoms with Crippen molar-refractivity contribution >= 4 is 5.78 Å². The predicted octanol–water partition coefficient (Wildman–Crippen LogP) is 3.25. The Balaban J connectivity index is 1.87. The van der Waals surface area contributed by atoms with Crippen LogP contribution in [0, 0.1) is 11.8 Å². The predicted molar refractivity (Wildman–Crippen MR) is 77.2 cm³/mol. The van der Waals surface area contributed by atoms with Crippen molar-refractivity contribution in [3.05, 3.63) is 29.3 Å². The van der Waals surface area contributed by atoms with Crippen molar-refractivity contribution < 1.29 is 14.3 Å². The van der Waals surface area contributed by atoms with Crippen LogP contribution in [0.1, 0.15) is 43.6 Å². The van der Waals surface area contributed by atoms with Crippen molar-refractivity contribution in [3.63, 3.8) is 0 Å². The van der Waals surface area contributed by atoms with Gasteiger partial charge < -0.3 is 9.47 Å². The van der Waals surface area contributed by atoms with Gasteiger partial charge in [0, 0.05) is 12.0 Å². The first-order chi connectivity index (χ1) is 9.47. The molecule has 0 amide bonds. The summed E-state index contributed by atoms with van der Waals surface area (Å²) in [5, 5.41) is 0. The van der Waals surface area contributed by atoms with Gasteiger partial charge in [0.1, 0.15) is 11.9 Å². The van der Waals surface area contributed by atoms with Crippen LogP contribution in [0.4, 0.5) is 0 Å². The summed E-state index contributed by atoms with van der Waals surface area (Å²) in [5.41, 5.74) is 1.94. The third-order valence-corrected chi connectivity index (χ3v) is 4.73. The van der Waals surface area contributed by atoms with Gasteiger partial charge in [0.15, 0.2) is 5.78 Å². The first-order valence-corrected chi connectivity index (χ1v) is 7.46. The van der Waals surface area contributed by atoms with Crippen molar-refractivity contribution in [3.8, 4) is 5.75 Å². The van der Waals surface area contributed by atoms with Gasteiger partial charge in [-0.05, 0) is 50.5 Å². The van der Waals surface area contributed by atoms with Crippen LogP contribution in [0.25, 0.3) is 0 Å². The molecule has 108 valence electrons. The minimum Gasteiger partial charge on any atom is -0.490 e. The minimum atomic E-state index is -0.0391. The Morgan fingerprint density at radius 1 is 1.15 bits per heavy atom. The highest BCUT2D eigenvalue weighted by Crippen LogP contribution is 2.36. The number of ether oxygens (including phenoxy) is 2. The first-order valence-electron chi connectivity index (χ1n) is 7.46. The average Bonchev–Trinajstić information content (AvgIpc) is 2.87. The number of rotatable bonds is 2. The Bertz CT molecular complexity index is 537. The number of benzene rings is 1. The van der Waals surface area contributed by atoms with Gasteiger partial charge >= 0.3 is 0 Å². The first kappa shape index (κ1) is 13.6. The van der Waals surface area contributed by atoms with Gasteiger partial charge in [-0.3, -0.25) is 4.79 Å². The highest BCUT2D eigenvalue weighted by Gasteiger charge is 2.41. The van der Waals surface area contributed by atoms with Crippen LogP contribution >= 0.6 is 0 Å². The molecule has 0 aromatic heterocycles. The van der Waals surface area contributed by atoms with E-state index in [-0.39, 0.29) is 35.9 Å². The lowest BCUT2D eigenvalue weighted by Gasteiger charge is -2.17. The zero-order chi connectivity index (χ0) is 14.4. The maximum absolute atomic E-state index is 12.8. The van der Waals surface area contributed by atoms with Crippen molar-refractivity contribution in [2.24, 2.45) is 11.8 Å². The summed E-state index contributed by atoms with van der Waals surface area (Å²) in [6.07, 6.45) is 1.25. The number of carbonyl (C=O) groups excluding carboxylic acids is 1. The lowest BCUT2D eigenvalue weighted by Crippen LogP contribution is -2.26. The van der Waals surface area contributed by atoms with Crippen molar-refractivity contribution in [2.45, 2.75) is 52.4 Å². The number of carbonyl (C=O) groups is 1. The fraction of sp³-hybridized carbons (Fsp3) is 0.588. The molecule has 0 aliphatic carbocycles. The Morgan fingerprint density at radius 3 is 2.55 bits per heavy atom. The van der Waals surface area contributed by atoms with E-state index >= 15 is 0 Å². The molecule has 0 radical (unpaired) electrons. The molecule has 1 fully saturated rings. The normalized spacial score (nSPS) is 35.7. The van der Waals surface area contributed by atoms with Gasteiger partial charge in [0.2, 0.25) is 0 Å². The van der Waals surface area contributed by atoms with Crippen LogP contribution in [-0.2, 0) is 11.2 Å². The molecule has 0 bridgehead atoms. The summed E-state index contributed by atoms with van der Waals surface area (Å²) in [7, 11) is 0. The molecule has 3 nitrogen and oxygen atoms in total. The second kappa shape index (κ2) is 4.88. The number of hydrogen-bond acceptors (Lipinski definition) is 3. The van der Waals surface area contributed by atoms with Crippen LogP contribution in [0.15, 0.2) is 18.2 Å². The lowest BCUT2D eigenvalue weighted by molar-refractivity contribution is 0.0491. The summed E-state index contributed by atoms with van der Waals surface area (Å²) in [4.78, 5) is 12.8. The number of Topliss-reactive ketones (excluding diaryl/α,β-unsaturated/α-hetero) is 1. The summed E-state index contributed by atoms with van der Waals surface area (Å²) in [6.45, 7) is 8.21. The molecule has 1 aromatic carbocycles. The molecule has 20 heavy (non-hydrogen) atoms. The van der Waals surface area contributed by atoms with E-state index in [9.17, 15) is 4.79 Å². The summed E-state index contributed by atoms with van der Waals surface area (Å²) in [5.74, 6) is 1.35. The Kier molecular flexibility index (Phi) is 3.33. The quantitative estimate of drug-likeness (QED) is 0.777. The van der Waals surface area contributed by atoms with Gasteiger partial charge in [-0.15, -0.1) is 0 Å². The van der Waals surface area contributed by atoms with Crippen LogP contribution in [0.5, 0.6) is 5.75 Å². The number of hydrogen-bond donors (Lipinski definition) is 0. The van der Waals surface area contributed by atoms with Crippen LogP contribution in [0.3, 0.4) is 0 Å². The van der Waals surface area contributed by atoms with Crippen LogP contribution in [-0.4, -0.2) is 24.1 Å². The van der Waals surface area contributed by atoms with E-state index in [4.69, 9.17) is 9.47 Å². The minimum absolute atomic E-state index is 0.00377. The van der Waals surface area contributed by atoms with Crippen LogP contribution in [0.2, 0.25) is 0 Å². The monoisotopic (exact) mass is 274 g/mol. The summed E-state index contributed by atoms with van der Waals surface area (Å²) < 4.78 is 11.5. The van der Waals surface area contributed by atoms with Gasteiger partial charge in [-0.1, -0.05) is 6.92 Å². The maximum Gasteiger partial charge on any atom is 0.168 e. The maximum atomic E-state index is 12.8. The van der Waals surface area contributed by atoms with Gasteiger partial charge in [-0.25, -0.2) is 0 Å². The van der Waals surface area contributed by atoms with E-state index in [1.807, 2.05) is 32.0 Å². The molecular weight excluding hydrogens is 252 g/mol. The Hall–Kier alpha value is -1.35. The smallest absolute Gasteiger partial charge is 0.168 e. The Morgan fingerprint density at radius 2 is 1.90 bits per heavy atom. The number of fused-ring (bicyclic) bond motifs is 1. The third kappa shape index (κ3) is 2.14. The van der Waals surface area contributed by atoms with Gasteiger partial charge in [-0.2, -0.15) is 0 Å². The molecule has 2 heterocycles. The average molecular weight is 274 g/mol. The molecule has 0 N–H and O–H groups in total. The molecule has 1 saturated heterocycles. The van der Waals surface area contributed by atoms with Gasteiger partial charge in [0.25, 0.3) is 0 Å². The second-order valence-electron chi connectivity index (χ2n) is 6.25. The van der Waals surface area contributed by atoms with Crippen molar-refractivity contribution in [1.82, 2.24) is 0 Å².